The van der Waals surface area contributed by atoms with E-state index in [0.29, 0.717) is 11.2 Å². The van der Waals surface area contributed by atoms with E-state index in [-0.39, 0.29) is 5.91 Å². The van der Waals surface area contributed by atoms with Crippen molar-refractivity contribution in [3.8, 4) is 0 Å². The Morgan fingerprint density at radius 1 is 1.13 bits per heavy atom. The predicted octanol–water partition coefficient (Wildman–Crippen LogP) is 5.10. The van der Waals surface area contributed by atoms with Crippen LogP contribution in [0.3, 0.4) is 0 Å². The molecule has 1 N–H and O–H groups in total. The Balaban J connectivity index is 1.24. The molecule has 5 nitrogen and oxygen atoms in total. The number of hydrogen-bond donors (Lipinski definition) is 1. The Morgan fingerprint density at radius 2 is 1.80 bits per heavy atom. The summed E-state index contributed by atoms with van der Waals surface area (Å²) in [4.78, 5) is 12.5. The van der Waals surface area contributed by atoms with Crippen molar-refractivity contribution in [2.75, 3.05) is 11.1 Å². The van der Waals surface area contributed by atoms with Gasteiger partial charge in [-0.05, 0) is 87.2 Å². The van der Waals surface area contributed by atoms with Gasteiger partial charge >= 0.3 is 0 Å². The molecule has 0 unspecified atom stereocenters. The minimum atomic E-state index is 0.00240. The van der Waals surface area contributed by atoms with Gasteiger partial charge in [0.25, 0.3) is 0 Å². The van der Waals surface area contributed by atoms with Gasteiger partial charge < -0.3 is 9.88 Å². The van der Waals surface area contributed by atoms with Crippen LogP contribution in [0.4, 0.5) is 5.69 Å². The van der Waals surface area contributed by atoms with Crippen LogP contribution in [-0.4, -0.2) is 26.4 Å². The Bertz CT molecular complexity index is 902. The van der Waals surface area contributed by atoms with E-state index >= 15 is 0 Å². The van der Waals surface area contributed by atoms with E-state index in [2.05, 4.69) is 27.0 Å². The second kappa shape index (κ2) is 8.03. The van der Waals surface area contributed by atoms with E-state index in [1.165, 1.54) is 50.3 Å². The third-order valence-corrected chi connectivity index (χ3v) is 8.53. The number of amides is 1. The zero-order valence-electron chi connectivity index (χ0n) is 18.1. The molecule has 1 amide bonds. The number of nitrogens with one attached hydrogen (secondary N) is 1. The summed E-state index contributed by atoms with van der Waals surface area (Å²) >= 11 is 1.50. The van der Waals surface area contributed by atoms with Crippen molar-refractivity contribution in [3.63, 3.8) is 0 Å². The third kappa shape index (κ3) is 3.91. The highest BCUT2D eigenvalue weighted by Crippen LogP contribution is 2.61. The quantitative estimate of drug-likeness (QED) is 0.629. The number of para-hydroxylation sites is 1. The highest BCUT2D eigenvalue weighted by Gasteiger charge is 2.51. The van der Waals surface area contributed by atoms with Gasteiger partial charge in [0.15, 0.2) is 5.16 Å². The van der Waals surface area contributed by atoms with Gasteiger partial charge in [0, 0.05) is 18.7 Å². The first-order valence-corrected chi connectivity index (χ1v) is 12.4. The molecule has 160 valence electrons. The highest BCUT2D eigenvalue weighted by molar-refractivity contribution is 7.99. The van der Waals surface area contributed by atoms with E-state index < -0.39 is 0 Å². The van der Waals surface area contributed by atoms with E-state index in [4.69, 9.17) is 0 Å². The average Bonchev–Trinajstić information content (AvgIpc) is 3.08. The van der Waals surface area contributed by atoms with E-state index in [1.54, 1.807) is 0 Å². The Morgan fingerprint density at radius 3 is 2.43 bits per heavy atom. The largest absolute Gasteiger partial charge is 0.325 e. The molecule has 4 aliphatic carbocycles. The van der Waals surface area contributed by atoms with Crippen molar-refractivity contribution >= 4 is 23.4 Å². The van der Waals surface area contributed by atoms with Gasteiger partial charge in [0.2, 0.25) is 5.91 Å². The number of anilines is 1. The molecule has 4 fully saturated rings. The molecule has 4 bridgehead atoms. The molecular weight excluding hydrogens is 392 g/mol. The van der Waals surface area contributed by atoms with Gasteiger partial charge in [-0.2, -0.15) is 0 Å². The molecule has 0 spiro atoms. The topological polar surface area (TPSA) is 59.8 Å². The Hall–Kier alpha value is -1.82. The van der Waals surface area contributed by atoms with Crippen molar-refractivity contribution in [1.29, 1.82) is 0 Å². The molecule has 4 aliphatic rings. The number of thioether (sulfide) groups is 1. The lowest BCUT2D eigenvalue weighted by Crippen LogP contribution is -2.47. The van der Waals surface area contributed by atoms with Gasteiger partial charge in [-0.3, -0.25) is 4.79 Å². The minimum absolute atomic E-state index is 0.00240. The van der Waals surface area contributed by atoms with E-state index in [0.717, 1.165) is 53.0 Å². The summed E-state index contributed by atoms with van der Waals surface area (Å²) in [7, 11) is 0. The van der Waals surface area contributed by atoms with Crippen LogP contribution in [0.1, 0.15) is 56.8 Å². The van der Waals surface area contributed by atoms with E-state index in [1.807, 2.05) is 31.2 Å². The number of rotatable bonds is 7. The van der Waals surface area contributed by atoms with Crippen molar-refractivity contribution in [1.82, 2.24) is 14.8 Å². The number of nitrogens with zero attached hydrogens (tertiary/aromatic N) is 3. The smallest absolute Gasteiger partial charge is 0.234 e. The van der Waals surface area contributed by atoms with Gasteiger partial charge in [0.05, 0.1) is 5.75 Å². The first kappa shape index (κ1) is 20.1. The molecule has 0 radical (unpaired) electrons. The van der Waals surface area contributed by atoms with Crippen molar-refractivity contribution in [2.45, 2.75) is 70.5 Å². The number of hydrogen-bond acceptors (Lipinski definition) is 4. The van der Waals surface area contributed by atoms with Crippen LogP contribution < -0.4 is 5.32 Å². The number of aromatic nitrogens is 3. The number of carbonyl (C=O) groups is 1. The van der Waals surface area contributed by atoms with Gasteiger partial charge in [-0.1, -0.05) is 30.0 Å². The fraction of sp³-hybridized carbons (Fsp3) is 0.625. The molecular formula is C24H32N4OS. The van der Waals surface area contributed by atoms with Crippen molar-refractivity contribution in [3.05, 3.63) is 35.7 Å². The molecule has 1 aromatic heterocycles. The maximum absolute atomic E-state index is 12.5. The molecule has 1 aromatic carbocycles. The monoisotopic (exact) mass is 424 g/mol. The molecule has 6 rings (SSSR count). The summed E-state index contributed by atoms with van der Waals surface area (Å²) in [6.45, 7) is 5.02. The maximum atomic E-state index is 12.5. The molecule has 0 aliphatic heterocycles. The summed E-state index contributed by atoms with van der Waals surface area (Å²) in [5.41, 5.74) is 2.41. The van der Waals surface area contributed by atoms with E-state index in [9.17, 15) is 4.79 Å². The van der Waals surface area contributed by atoms with Crippen LogP contribution in [0.25, 0.3) is 0 Å². The summed E-state index contributed by atoms with van der Waals surface area (Å²) in [5.74, 6) is 4.34. The normalized spacial score (nSPS) is 29.3. The number of aryl methyl sites for hydroxylation is 1. The SMILES string of the molecule is CCn1c(CC23CC4CC(CC(C4)C2)C3)nnc1SCC(=O)Nc1ccccc1C. The molecule has 0 saturated heterocycles. The van der Waals surface area contributed by atoms with Crippen LogP contribution in [0, 0.1) is 30.1 Å². The summed E-state index contributed by atoms with van der Waals surface area (Å²) in [6, 6.07) is 7.87. The van der Waals surface area contributed by atoms with Crippen LogP contribution in [-0.2, 0) is 17.8 Å². The Kier molecular flexibility index (Phi) is 5.38. The fourth-order valence-electron chi connectivity index (χ4n) is 6.75. The third-order valence-electron chi connectivity index (χ3n) is 7.56. The van der Waals surface area contributed by atoms with Gasteiger partial charge in [0.1, 0.15) is 5.82 Å². The number of benzene rings is 1. The van der Waals surface area contributed by atoms with Gasteiger partial charge in [-0.15, -0.1) is 10.2 Å². The standard InChI is InChI=1S/C24H32N4OS/c1-3-28-21(14-24-11-17-8-18(12-24)10-19(9-17)13-24)26-27-23(28)30-15-22(29)25-20-7-5-4-6-16(20)2/h4-7,17-19H,3,8-15H2,1-2H3,(H,25,29). The zero-order chi connectivity index (χ0) is 20.7. The summed E-state index contributed by atoms with van der Waals surface area (Å²) < 4.78 is 2.24. The molecule has 30 heavy (non-hydrogen) atoms. The minimum Gasteiger partial charge on any atom is -0.325 e. The second-order valence-electron chi connectivity index (χ2n) is 9.89. The van der Waals surface area contributed by atoms with Crippen LogP contribution in [0.5, 0.6) is 0 Å². The lowest BCUT2D eigenvalue weighted by molar-refractivity contribution is -0.113. The second-order valence-corrected chi connectivity index (χ2v) is 10.8. The molecule has 4 saturated carbocycles. The average molecular weight is 425 g/mol. The van der Waals surface area contributed by atoms with Crippen LogP contribution in [0.15, 0.2) is 29.4 Å². The first-order chi connectivity index (χ1) is 14.5. The molecule has 0 atom stereocenters. The zero-order valence-corrected chi connectivity index (χ0v) is 18.9. The lowest BCUT2D eigenvalue weighted by atomic mass is 9.49. The van der Waals surface area contributed by atoms with Gasteiger partial charge in [-0.25, -0.2) is 0 Å². The van der Waals surface area contributed by atoms with Crippen molar-refractivity contribution in [2.24, 2.45) is 23.2 Å². The van der Waals surface area contributed by atoms with Crippen LogP contribution >= 0.6 is 11.8 Å². The molecule has 1 heterocycles. The fourth-order valence-corrected chi connectivity index (χ4v) is 7.57. The van der Waals surface area contributed by atoms with Crippen LogP contribution in [0.2, 0.25) is 0 Å². The lowest BCUT2D eigenvalue weighted by Gasteiger charge is -2.56. The number of carbonyl (C=O) groups excluding carboxylic acids is 1. The first-order valence-electron chi connectivity index (χ1n) is 11.4. The predicted molar refractivity (Wildman–Crippen MR) is 121 cm³/mol. The Labute approximate surface area is 183 Å². The van der Waals surface area contributed by atoms with Crippen molar-refractivity contribution < 1.29 is 4.79 Å². The highest BCUT2D eigenvalue weighted by atomic mass is 32.2. The maximum Gasteiger partial charge on any atom is 0.234 e. The molecule has 6 heteroatoms. The molecule has 2 aromatic rings. The summed E-state index contributed by atoms with van der Waals surface area (Å²) in [5, 5.41) is 13.0. The summed E-state index contributed by atoms with van der Waals surface area (Å²) in [6.07, 6.45) is 9.63.